The third-order valence-electron chi connectivity index (χ3n) is 10.8. The van der Waals surface area contributed by atoms with Crippen molar-refractivity contribution >= 4 is 131 Å². The Kier molecular flexibility index (Phi) is 20.0. The van der Waals surface area contributed by atoms with E-state index >= 15 is 0 Å². The molecule has 6 aromatic rings. The lowest BCUT2D eigenvalue weighted by Crippen LogP contribution is -2.37. The van der Waals surface area contributed by atoms with Crippen LogP contribution in [0.25, 0.3) is 12.2 Å². The fourth-order valence-corrected chi connectivity index (χ4v) is 11.1. The minimum Gasteiger partial charge on any atom is -0.744 e. The van der Waals surface area contributed by atoms with Gasteiger partial charge in [-0.15, -0.1) is 0 Å². The molecule has 4 atom stereocenters. The van der Waals surface area contributed by atoms with Crippen molar-refractivity contribution in [1.82, 2.24) is 29.9 Å². The van der Waals surface area contributed by atoms with Crippen molar-refractivity contribution in [3.63, 3.8) is 0 Å². The maximum Gasteiger partial charge on any atom is 0.233 e. The molecule has 0 aliphatic carbocycles. The Morgan fingerprint density at radius 1 is 0.381 bits per heavy atom. The lowest BCUT2D eigenvalue weighted by atomic mass is 10.1. The second-order valence-electron chi connectivity index (χ2n) is 18.2. The Labute approximate surface area is 479 Å². The van der Waals surface area contributed by atoms with E-state index in [1.54, 1.807) is 0 Å². The Balaban J connectivity index is 1.40. The second kappa shape index (κ2) is 25.5. The van der Waals surface area contributed by atoms with E-state index in [1.165, 1.54) is 49.6 Å². The lowest BCUT2D eigenvalue weighted by Gasteiger charge is -2.26. The van der Waals surface area contributed by atoms with Gasteiger partial charge in [0, 0.05) is 26.2 Å². The Hall–Kier alpha value is -7.26. The van der Waals surface area contributed by atoms with Gasteiger partial charge in [-0.1, -0.05) is 24.3 Å². The summed E-state index contributed by atoms with van der Waals surface area (Å²) in [5.74, 6) is -3.62. The predicted octanol–water partition coefficient (Wildman–Crippen LogP) is -0.238. The van der Waals surface area contributed by atoms with Crippen LogP contribution in [0.15, 0.2) is 102 Å². The minimum atomic E-state index is -5.49. The van der Waals surface area contributed by atoms with E-state index in [1.807, 2.05) is 0 Å². The van der Waals surface area contributed by atoms with Gasteiger partial charge >= 0.3 is 0 Å². The van der Waals surface area contributed by atoms with Crippen molar-refractivity contribution in [1.29, 1.82) is 0 Å². The highest BCUT2D eigenvalue weighted by Gasteiger charge is 2.24. The Morgan fingerprint density at radius 3 is 0.905 bits per heavy atom. The molecule has 40 heteroatoms. The maximum atomic E-state index is 12.8. The largest absolute Gasteiger partial charge is 0.744 e. The zero-order valence-electron chi connectivity index (χ0n) is 43.4. The summed E-state index contributed by atoms with van der Waals surface area (Å²) in [6, 6.07) is 9.20. The number of aromatic nitrogens is 6. The molecule has 0 saturated heterocycles. The molecule has 84 heavy (non-hydrogen) atoms. The molecule has 0 radical (unpaired) electrons. The Bertz CT molecular complexity index is 3930. The van der Waals surface area contributed by atoms with Gasteiger partial charge < -0.3 is 78.8 Å². The average Bonchev–Trinajstić information content (AvgIpc) is 3.45. The number of aliphatic hydroxyl groups is 4. The molecular formula is C44H46N12O22S6-6. The second-order valence-corrected chi connectivity index (χ2v) is 26.3. The first-order valence-electron chi connectivity index (χ1n) is 23.5. The van der Waals surface area contributed by atoms with E-state index in [-0.39, 0.29) is 37.3 Å². The number of anilines is 10. The molecule has 4 aromatic carbocycles. The molecule has 8 N–H and O–H groups in total. The van der Waals surface area contributed by atoms with Crippen LogP contribution in [-0.2, 0) is 60.7 Å². The number of aliphatic hydroxyl groups excluding tert-OH is 4. The minimum absolute atomic E-state index is 0.0787. The molecule has 4 unspecified atom stereocenters. The summed E-state index contributed by atoms with van der Waals surface area (Å²) in [6.45, 7) is 4.13. The lowest BCUT2D eigenvalue weighted by molar-refractivity contribution is 0.176. The van der Waals surface area contributed by atoms with Crippen LogP contribution in [0, 0.1) is 0 Å². The van der Waals surface area contributed by atoms with E-state index in [4.69, 9.17) is 0 Å². The van der Waals surface area contributed by atoms with Gasteiger partial charge in [0.1, 0.15) is 60.7 Å². The van der Waals surface area contributed by atoms with E-state index in [0.717, 1.165) is 36.4 Å². The van der Waals surface area contributed by atoms with Crippen LogP contribution in [0.5, 0.6) is 0 Å². The first kappa shape index (κ1) is 65.9. The van der Waals surface area contributed by atoms with Crippen LogP contribution in [0.2, 0.25) is 0 Å². The fraction of sp³-hybridized carbons (Fsp3) is 0.273. The van der Waals surface area contributed by atoms with Crippen LogP contribution in [0.3, 0.4) is 0 Å². The molecule has 0 aliphatic rings. The molecule has 0 bridgehead atoms. The number of rotatable bonds is 26. The van der Waals surface area contributed by atoms with Crippen LogP contribution < -0.4 is 31.1 Å². The molecule has 0 spiro atoms. The molecule has 0 aliphatic heterocycles. The number of nitrogens with zero attached hydrogens (tertiary/aromatic N) is 8. The smallest absolute Gasteiger partial charge is 0.233 e. The third-order valence-corrected chi connectivity index (χ3v) is 16.0. The topological polar surface area (TPSA) is 556 Å². The van der Waals surface area contributed by atoms with Crippen LogP contribution in [0.4, 0.5) is 58.4 Å². The molecular weight excluding hydrogens is 1240 g/mol. The van der Waals surface area contributed by atoms with Crippen LogP contribution in [-0.4, -0.2) is 179 Å². The summed E-state index contributed by atoms with van der Waals surface area (Å²) in [5, 5.41) is 50.6. The molecule has 2 aromatic heterocycles. The number of hydrogen-bond acceptors (Lipinski definition) is 34. The van der Waals surface area contributed by atoms with E-state index < -0.39 is 173 Å². The summed E-state index contributed by atoms with van der Waals surface area (Å²) in [6.07, 6.45) is -2.27. The van der Waals surface area contributed by atoms with E-state index in [9.17, 15) is 98.2 Å². The van der Waals surface area contributed by atoms with Gasteiger partial charge in [0.05, 0.1) is 76.5 Å². The van der Waals surface area contributed by atoms with Gasteiger partial charge in [-0.05, 0) is 99.5 Å². The highest BCUT2D eigenvalue weighted by atomic mass is 32.2. The molecule has 0 amide bonds. The number of nitrogens with one attached hydrogen (secondary N) is 4. The monoisotopic (exact) mass is 1290 g/mol. The van der Waals surface area contributed by atoms with Gasteiger partial charge in [0.2, 0.25) is 35.7 Å². The summed E-state index contributed by atoms with van der Waals surface area (Å²) < 4.78 is 221. The average molecular weight is 1290 g/mol. The SMILES string of the molecule is CC(O)CN(CC(C)O)c1nc(Nc2cc(S(=O)(=O)[O-])ccc2S(=O)(=O)[O-])nc(Nc2ccc(C=Cc3ccc(Nc4nc(Nc5cc(S(=O)(=O)[O-])ccc5S(=O)(=O)[O-])nc(N(CC(C)O)CC(C)O)n4)c(S(=O)(=O)[O-])c3)cc2S(=O)(=O)[O-])n1. The first-order valence-corrected chi connectivity index (χ1v) is 31.9. The van der Waals surface area contributed by atoms with Crippen LogP contribution in [0.1, 0.15) is 38.8 Å². The molecule has 2 heterocycles. The molecule has 0 saturated carbocycles. The number of benzene rings is 4. The molecule has 456 valence electrons. The molecule has 6 rings (SSSR count). The van der Waals surface area contributed by atoms with Gasteiger partial charge in [0.15, 0.2) is 0 Å². The third kappa shape index (κ3) is 18.1. The molecule has 0 fully saturated rings. The van der Waals surface area contributed by atoms with Crippen molar-refractivity contribution in [3.8, 4) is 0 Å². The maximum absolute atomic E-state index is 12.8. The zero-order chi connectivity index (χ0) is 62.7. The molecule has 34 nitrogen and oxygen atoms in total. The summed E-state index contributed by atoms with van der Waals surface area (Å²) >= 11 is 0. The van der Waals surface area contributed by atoms with Crippen molar-refractivity contribution in [3.05, 3.63) is 83.9 Å². The van der Waals surface area contributed by atoms with Crippen molar-refractivity contribution < 1.29 is 98.2 Å². The van der Waals surface area contributed by atoms with Gasteiger partial charge in [-0.2, -0.15) is 29.9 Å². The zero-order valence-corrected chi connectivity index (χ0v) is 48.3. The normalized spacial score (nSPS) is 14.1. The quantitative estimate of drug-likeness (QED) is 0.0257. The van der Waals surface area contributed by atoms with Crippen molar-refractivity contribution in [2.24, 2.45) is 0 Å². The van der Waals surface area contributed by atoms with Gasteiger partial charge in [-0.3, -0.25) is 0 Å². The highest BCUT2D eigenvalue weighted by molar-refractivity contribution is 7.87. The van der Waals surface area contributed by atoms with E-state index in [0.29, 0.717) is 36.4 Å². The first-order chi connectivity index (χ1) is 38.6. The van der Waals surface area contributed by atoms with Gasteiger partial charge in [-0.25, -0.2) is 50.5 Å². The van der Waals surface area contributed by atoms with Crippen molar-refractivity contribution in [2.75, 3.05) is 57.2 Å². The number of hydrogen-bond donors (Lipinski definition) is 8. The summed E-state index contributed by atoms with van der Waals surface area (Å²) in [4.78, 5) is 20.8. The highest BCUT2D eigenvalue weighted by Crippen LogP contribution is 2.33. The predicted molar refractivity (Wildman–Crippen MR) is 286 cm³/mol. The van der Waals surface area contributed by atoms with Crippen LogP contribution >= 0.6 is 0 Å². The van der Waals surface area contributed by atoms with Crippen molar-refractivity contribution in [2.45, 2.75) is 81.5 Å². The Morgan fingerprint density at radius 2 is 0.655 bits per heavy atom. The fourth-order valence-electron chi connectivity index (χ4n) is 7.53. The summed E-state index contributed by atoms with van der Waals surface area (Å²) in [7, 11) is -32.3. The van der Waals surface area contributed by atoms with E-state index in [2.05, 4.69) is 51.2 Å². The van der Waals surface area contributed by atoms with Gasteiger partial charge in [0.25, 0.3) is 0 Å². The summed E-state index contributed by atoms with van der Waals surface area (Å²) in [5.41, 5.74) is -2.91. The standard InChI is InChI=1S/C44H52N12O22S6/c1-23(57)19-55(20-24(2)58)43-51-39(49-41(53-43)47-33-17-29(79(61,62)63)9-13-35(33)81(67,68)69)45-31-11-7-27(15-37(31)83(73,74)75)5-6-28-8-12-32(38(16-28)84(76,77)78)46-40-50-42(54-44(52-40)56(21-25(3)59)22-26(4)60)48-34-18-30(80(64,65)66)10-14-36(34)82(70,71)72/h5-18,23-26,57-60H,19-22H2,1-4H3,(H,61,62,63)(H,64,65,66)(H,67,68,69)(H,70,71,72)(H,73,74,75)(H,76,77,78)(H2,45,47,49,51,53)(H2,46,48,50,52,54)/p-6.